The van der Waals surface area contributed by atoms with Gasteiger partial charge in [0.25, 0.3) is 0 Å². The van der Waals surface area contributed by atoms with Crippen LogP contribution in [0.5, 0.6) is 11.5 Å². The van der Waals surface area contributed by atoms with E-state index in [-0.39, 0.29) is 0 Å². The zero-order valence-electron chi connectivity index (χ0n) is 37.5. The Morgan fingerprint density at radius 3 is 1.70 bits per heavy atom. The molecule has 0 bridgehead atoms. The lowest BCUT2D eigenvalue weighted by atomic mass is 9.66. The van der Waals surface area contributed by atoms with E-state index in [1.165, 1.54) is 53.1 Å². The minimum absolute atomic E-state index is 0.621. The second kappa shape index (κ2) is 15.0. The van der Waals surface area contributed by atoms with Gasteiger partial charge in [-0.25, -0.2) is 15.0 Å². The molecule has 3 aromatic heterocycles. The maximum Gasteiger partial charge on any atom is 0.164 e. The third-order valence-electron chi connectivity index (χ3n) is 14.5. The van der Waals surface area contributed by atoms with Gasteiger partial charge in [0.15, 0.2) is 17.5 Å². The second-order valence-corrected chi connectivity index (χ2v) is 19.3. The average molecular weight is 911 g/mol. The van der Waals surface area contributed by atoms with Gasteiger partial charge in [0.2, 0.25) is 0 Å². The fourth-order valence-electron chi connectivity index (χ4n) is 11.6. The van der Waals surface area contributed by atoms with Gasteiger partial charge in [-0.2, -0.15) is 0 Å². The van der Waals surface area contributed by atoms with Crippen LogP contribution in [0.15, 0.2) is 231 Å². The van der Waals surface area contributed by atoms with Crippen LogP contribution in [0.1, 0.15) is 22.3 Å². The van der Waals surface area contributed by atoms with Crippen LogP contribution in [-0.4, -0.2) is 19.5 Å². The molecule has 2 aliphatic rings. The number of rotatable bonds is 5. The Kier molecular flexibility index (Phi) is 8.38. The summed E-state index contributed by atoms with van der Waals surface area (Å²) < 4.78 is 11.7. The lowest BCUT2D eigenvalue weighted by Gasteiger charge is -2.39. The molecule has 0 saturated carbocycles. The van der Waals surface area contributed by atoms with E-state index in [1.54, 1.807) is 0 Å². The molecule has 0 fully saturated rings. The first-order chi connectivity index (χ1) is 34.7. The highest BCUT2D eigenvalue weighted by molar-refractivity contribution is 7.26. The number of hydrogen-bond acceptors (Lipinski definition) is 5. The predicted octanol–water partition coefficient (Wildman–Crippen LogP) is 16.5. The van der Waals surface area contributed by atoms with Crippen molar-refractivity contribution in [1.82, 2.24) is 19.5 Å². The molecule has 1 aliphatic heterocycles. The van der Waals surface area contributed by atoms with Gasteiger partial charge in [0.05, 0.1) is 16.4 Å². The van der Waals surface area contributed by atoms with E-state index in [9.17, 15) is 0 Å². The molecule has 13 aromatic rings. The molecule has 0 radical (unpaired) electrons. The summed E-state index contributed by atoms with van der Waals surface area (Å²) in [7, 11) is 0. The number of ether oxygens (including phenoxy) is 1. The molecule has 10 aromatic carbocycles. The average Bonchev–Trinajstić information content (AvgIpc) is 4.08. The van der Waals surface area contributed by atoms with Gasteiger partial charge in [-0.1, -0.05) is 176 Å². The molecular formula is C64H38N4OS. The molecule has 4 heterocycles. The Morgan fingerprint density at radius 1 is 0.386 bits per heavy atom. The Morgan fingerprint density at radius 2 is 0.971 bits per heavy atom. The molecule has 0 amide bonds. The zero-order chi connectivity index (χ0) is 45.9. The van der Waals surface area contributed by atoms with Crippen LogP contribution in [0.25, 0.3) is 104 Å². The standard InChI is InChI=1S/C64H38N4OS/c1-4-17-39(18-5-1)61-65-62(40-19-6-2-7-20-40)67-63(66-61)46-24-16-27-52-58(46)47-37-41(31-34-49(47)64(52)50-25-11-14-29-54(50)69-55-30-15-12-26-51(55)64)42-32-35-56-48(38-42)59-57(70-56)36-33-45-44-23-10-13-28-53(44)68(60(45)59)43-21-8-3-9-22-43/h1-38H. The molecule has 0 atom stereocenters. The van der Waals surface area contributed by atoms with Gasteiger partial charge in [-0.15, -0.1) is 11.3 Å². The lowest BCUT2D eigenvalue weighted by molar-refractivity contribution is 0.436. The van der Waals surface area contributed by atoms with Crippen LogP contribution in [-0.2, 0) is 5.41 Å². The Hall–Kier alpha value is -8.97. The zero-order valence-corrected chi connectivity index (χ0v) is 38.4. The summed E-state index contributed by atoms with van der Waals surface area (Å²) in [6.07, 6.45) is 0. The molecule has 5 nitrogen and oxygen atoms in total. The highest BCUT2D eigenvalue weighted by Crippen LogP contribution is 2.63. The Balaban J connectivity index is 1.01. The van der Waals surface area contributed by atoms with E-state index in [1.807, 2.05) is 47.7 Å². The first-order valence-corrected chi connectivity index (χ1v) is 24.5. The number of nitrogens with zero attached hydrogens (tertiary/aromatic N) is 4. The SMILES string of the molecule is c1ccc(-c2nc(-c3ccccc3)nc(-c3cccc4c3-c3cc(-c5ccc6sc7ccc8c9ccccc9n(-c9ccccc9)c8c7c6c5)ccc3C43c4ccccc4Oc4ccccc43)n2)cc1. The van der Waals surface area contributed by atoms with Crippen molar-refractivity contribution in [1.29, 1.82) is 0 Å². The number of benzene rings is 10. The van der Waals surface area contributed by atoms with Gasteiger partial charge in [0.1, 0.15) is 11.5 Å². The van der Waals surface area contributed by atoms with E-state index in [2.05, 4.69) is 199 Å². The molecule has 15 rings (SSSR count). The first-order valence-electron chi connectivity index (χ1n) is 23.7. The molecule has 1 aliphatic carbocycles. The topological polar surface area (TPSA) is 52.8 Å². The maximum atomic E-state index is 6.75. The molecule has 326 valence electrons. The summed E-state index contributed by atoms with van der Waals surface area (Å²) in [5, 5.41) is 5.04. The van der Waals surface area contributed by atoms with Gasteiger partial charge < -0.3 is 9.30 Å². The number of fused-ring (bicyclic) bond motifs is 16. The van der Waals surface area contributed by atoms with Crippen LogP contribution in [0, 0.1) is 0 Å². The van der Waals surface area contributed by atoms with Crippen molar-refractivity contribution in [2.24, 2.45) is 0 Å². The summed E-state index contributed by atoms with van der Waals surface area (Å²) in [6, 6.07) is 82.5. The van der Waals surface area contributed by atoms with Gasteiger partial charge in [-0.3, -0.25) is 0 Å². The maximum absolute atomic E-state index is 6.75. The summed E-state index contributed by atoms with van der Waals surface area (Å²) in [5.41, 5.74) is 14.8. The molecule has 0 unspecified atom stereocenters. The van der Waals surface area contributed by atoms with Crippen molar-refractivity contribution in [3.05, 3.63) is 253 Å². The van der Waals surface area contributed by atoms with Crippen LogP contribution in [0.4, 0.5) is 0 Å². The molecular weight excluding hydrogens is 873 g/mol. The van der Waals surface area contributed by atoms with Crippen LogP contribution in [0.2, 0.25) is 0 Å². The third kappa shape index (κ3) is 5.56. The van der Waals surface area contributed by atoms with Crippen LogP contribution in [0.3, 0.4) is 0 Å². The number of para-hydroxylation sites is 4. The minimum atomic E-state index is -0.688. The smallest absolute Gasteiger partial charge is 0.164 e. The third-order valence-corrected chi connectivity index (χ3v) is 15.7. The van der Waals surface area contributed by atoms with Gasteiger partial charge in [-0.05, 0) is 88.0 Å². The summed E-state index contributed by atoms with van der Waals surface area (Å²) in [4.78, 5) is 15.8. The largest absolute Gasteiger partial charge is 0.457 e. The van der Waals surface area contributed by atoms with Crippen LogP contribution >= 0.6 is 11.3 Å². The van der Waals surface area contributed by atoms with Gasteiger partial charge >= 0.3 is 0 Å². The fourth-order valence-corrected chi connectivity index (χ4v) is 12.7. The van der Waals surface area contributed by atoms with E-state index < -0.39 is 5.41 Å². The van der Waals surface area contributed by atoms with Crippen LogP contribution < -0.4 is 4.74 Å². The number of hydrogen-bond donors (Lipinski definition) is 0. The predicted molar refractivity (Wildman–Crippen MR) is 286 cm³/mol. The van der Waals surface area contributed by atoms with Crippen molar-refractivity contribution >= 4 is 53.3 Å². The molecule has 70 heavy (non-hydrogen) atoms. The van der Waals surface area contributed by atoms with Crippen molar-refractivity contribution in [2.45, 2.75) is 5.41 Å². The fraction of sp³-hybridized carbons (Fsp3) is 0.0156. The highest BCUT2D eigenvalue weighted by Gasteiger charge is 2.52. The normalized spacial score (nSPS) is 13.1. The summed E-state index contributed by atoms with van der Waals surface area (Å²) >= 11 is 1.86. The summed E-state index contributed by atoms with van der Waals surface area (Å²) in [6.45, 7) is 0. The van der Waals surface area contributed by atoms with Crippen molar-refractivity contribution in [2.75, 3.05) is 0 Å². The van der Waals surface area contributed by atoms with E-state index in [0.29, 0.717) is 17.5 Å². The number of aromatic nitrogens is 4. The quantitative estimate of drug-likeness (QED) is 0.173. The summed E-state index contributed by atoms with van der Waals surface area (Å²) in [5.74, 6) is 3.57. The van der Waals surface area contributed by atoms with E-state index in [4.69, 9.17) is 19.7 Å². The number of thiophene rings is 1. The first kappa shape index (κ1) is 39.1. The Labute approximate surface area is 407 Å². The van der Waals surface area contributed by atoms with Crippen molar-refractivity contribution in [3.8, 4) is 73.6 Å². The Bertz CT molecular complexity index is 4170. The molecule has 1 spiro atoms. The minimum Gasteiger partial charge on any atom is -0.457 e. The monoisotopic (exact) mass is 910 g/mol. The lowest BCUT2D eigenvalue weighted by Crippen LogP contribution is -2.32. The molecule has 0 N–H and O–H groups in total. The van der Waals surface area contributed by atoms with E-state index in [0.717, 1.165) is 67.3 Å². The molecule has 6 heteroatoms. The van der Waals surface area contributed by atoms with Crippen molar-refractivity contribution in [3.63, 3.8) is 0 Å². The van der Waals surface area contributed by atoms with Gasteiger partial charge in [0, 0.05) is 64.4 Å². The highest BCUT2D eigenvalue weighted by atomic mass is 32.1. The molecule has 0 saturated heterocycles. The second-order valence-electron chi connectivity index (χ2n) is 18.2. The van der Waals surface area contributed by atoms with E-state index >= 15 is 0 Å². The van der Waals surface area contributed by atoms with Crippen molar-refractivity contribution < 1.29 is 4.74 Å².